The third-order valence-electron chi connectivity index (χ3n) is 4.60. The number of carbonyl (C=O) groups is 1. The number of hydrogen-bond acceptors (Lipinski definition) is 4. The molecule has 0 bridgehead atoms. The monoisotopic (exact) mass is 492 g/mol. The highest BCUT2D eigenvalue weighted by molar-refractivity contribution is 7.92. The Balaban J connectivity index is 1.57. The molecule has 0 aromatic heterocycles. The molecule has 6 nitrogen and oxygen atoms in total. The van der Waals surface area contributed by atoms with Crippen molar-refractivity contribution >= 4 is 44.8 Å². The Morgan fingerprint density at radius 1 is 0.938 bits per heavy atom. The summed E-state index contributed by atoms with van der Waals surface area (Å²) in [7, 11) is -3.76. The van der Waals surface area contributed by atoms with Crippen molar-refractivity contribution < 1.29 is 17.9 Å². The van der Waals surface area contributed by atoms with Crippen LogP contribution in [0.1, 0.15) is 21.5 Å². The van der Waals surface area contributed by atoms with E-state index in [4.69, 9.17) is 27.9 Å². The standard InChI is InChI=1S/C23H22Cl2N2O4S/c1-15-3-8-19(9-4-15)32(29,30)27-17-6-10-20(22(25)13-17)23(28)26-11-12-31-18-7-5-16(2)21(24)14-18/h3-10,13-14,27H,11-12H2,1-2H3,(H,26,28). The Hall–Kier alpha value is -2.74. The molecule has 3 aromatic carbocycles. The topological polar surface area (TPSA) is 84.5 Å². The van der Waals surface area contributed by atoms with Gasteiger partial charge in [0.15, 0.2) is 0 Å². The average molecular weight is 493 g/mol. The van der Waals surface area contributed by atoms with E-state index in [1.807, 2.05) is 19.9 Å². The van der Waals surface area contributed by atoms with Crippen molar-refractivity contribution in [3.05, 3.63) is 87.4 Å². The molecule has 0 spiro atoms. The van der Waals surface area contributed by atoms with Gasteiger partial charge in [-0.2, -0.15) is 0 Å². The Kier molecular flexibility index (Phi) is 7.66. The van der Waals surface area contributed by atoms with Crippen molar-refractivity contribution in [3.63, 3.8) is 0 Å². The molecule has 0 heterocycles. The van der Waals surface area contributed by atoms with Crippen LogP contribution in [0.25, 0.3) is 0 Å². The number of nitrogens with one attached hydrogen (secondary N) is 2. The molecule has 0 aliphatic heterocycles. The van der Waals surface area contributed by atoms with Gasteiger partial charge < -0.3 is 10.1 Å². The zero-order valence-electron chi connectivity index (χ0n) is 17.5. The average Bonchev–Trinajstić information content (AvgIpc) is 2.73. The summed E-state index contributed by atoms with van der Waals surface area (Å²) in [6, 6.07) is 16.2. The summed E-state index contributed by atoms with van der Waals surface area (Å²) in [6.45, 7) is 4.27. The fourth-order valence-electron chi connectivity index (χ4n) is 2.79. The lowest BCUT2D eigenvalue weighted by atomic mass is 10.2. The number of aryl methyl sites for hydroxylation is 2. The molecule has 0 aliphatic carbocycles. The summed E-state index contributed by atoms with van der Waals surface area (Å²) in [4.78, 5) is 12.5. The summed E-state index contributed by atoms with van der Waals surface area (Å²) >= 11 is 12.3. The van der Waals surface area contributed by atoms with E-state index in [0.717, 1.165) is 11.1 Å². The zero-order chi connectivity index (χ0) is 23.3. The Bertz CT molecular complexity index is 1230. The number of halogens is 2. The second-order valence-electron chi connectivity index (χ2n) is 7.13. The van der Waals surface area contributed by atoms with Gasteiger partial charge in [0.25, 0.3) is 15.9 Å². The summed E-state index contributed by atoms with van der Waals surface area (Å²) in [6.07, 6.45) is 0. The zero-order valence-corrected chi connectivity index (χ0v) is 19.8. The third kappa shape index (κ3) is 6.16. The van der Waals surface area contributed by atoms with E-state index in [1.165, 1.54) is 30.3 Å². The van der Waals surface area contributed by atoms with Crippen LogP contribution in [0.15, 0.2) is 65.6 Å². The largest absolute Gasteiger partial charge is 0.492 e. The van der Waals surface area contributed by atoms with Crippen LogP contribution in [-0.2, 0) is 10.0 Å². The second-order valence-corrected chi connectivity index (χ2v) is 9.63. The van der Waals surface area contributed by atoms with Gasteiger partial charge in [0.1, 0.15) is 12.4 Å². The molecule has 0 unspecified atom stereocenters. The maximum absolute atomic E-state index is 12.5. The summed E-state index contributed by atoms with van der Waals surface area (Å²) in [5.74, 6) is 0.214. The molecule has 1 amide bonds. The Labute approximate surface area is 197 Å². The van der Waals surface area contributed by atoms with Gasteiger partial charge in [-0.15, -0.1) is 0 Å². The fraction of sp³-hybridized carbons (Fsp3) is 0.174. The molecule has 9 heteroatoms. The van der Waals surface area contributed by atoms with Crippen molar-refractivity contribution in [2.24, 2.45) is 0 Å². The number of amides is 1. The van der Waals surface area contributed by atoms with E-state index in [0.29, 0.717) is 10.8 Å². The van der Waals surface area contributed by atoms with E-state index in [9.17, 15) is 13.2 Å². The predicted octanol–water partition coefficient (Wildman–Crippen LogP) is 5.22. The van der Waals surface area contributed by atoms with Crippen LogP contribution >= 0.6 is 23.2 Å². The number of ether oxygens (including phenoxy) is 1. The van der Waals surface area contributed by atoms with Crippen LogP contribution in [-0.4, -0.2) is 27.5 Å². The molecule has 0 radical (unpaired) electrons. The highest BCUT2D eigenvalue weighted by Crippen LogP contribution is 2.24. The first-order valence-corrected chi connectivity index (χ1v) is 12.0. The van der Waals surface area contributed by atoms with E-state index in [2.05, 4.69) is 10.0 Å². The first-order chi connectivity index (χ1) is 15.2. The first kappa shape index (κ1) is 23.9. The lowest BCUT2D eigenvalue weighted by molar-refractivity contribution is 0.0947. The van der Waals surface area contributed by atoms with Crippen LogP contribution < -0.4 is 14.8 Å². The summed E-state index contributed by atoms with van der Waals surface area (Å²) < 4.78 is 33.1. The number of rotatable bonds is 8. The number of hydrogen-bond donors (Lipinski definition) is 2. The van der Waals surface area contributed by atoms with Crippen LogP contribution in [0.4, 0.5) is 5.69 Å². The molecule has 0 saturated carbocycles. The van der Waals surface area contributed by atoms with Crippen molar-refractivity contribution in [3.8, 4) is 5.75 Å². The molecular formula is C23H22Cl2N2O4S. The van der Waals surface area contributed by atoms with Gasteiger partial charge >= 0.3 is 0 Å². The Morgan fingerprint density at radius 2 is 1.66 bits per heavy atom. The second kappa shape index (κ2) is 10.3. The lowest BCUT2D eigenvalue weighted by Gasteiger charge is -2.12. The van der Waals surface area contributed by atoms with Crippen molar-refractivity contribution in [2.75, 3.05) is 17.9 Å². The Morgan fingerprint density at radius 3 is 2.31 bits per heavy atom. The van der Waals surface area contributed by atoms with Crippen molar-refractivity contribution in [1.29, 1.82) is 0 Å². The van der Waals surface area contributed by atoms with Crippen LogP contribution in [0.5, 0.6) is 5.75 Å². The molecule has 0 saturated heterocycles. The van der Waals surface area contributed by atoms with Gasteiger partial charge in [-0.1, -0.05) is 47.0 Å². The van der Waals surface area contributed by atoms with Crippen LogP contribution in [0.2, 0.25) is 10.0 Å². The highest BCUT2D eigenvalue weighted by atomic mass is 35.5. The molecule has 168 valence electrons. The van der Waals surface area contributed by atoms with E-state index in [-0.39, 0.29) is 34.3 Å². The van der Waals surface area contributed by atoms with Gasteiger partial charge in [0, 0.05) is 5.02 Å². The van der Waals surface area contributed by atoms with Gasteiger partial charge in [-0.3, -0.25) is 9.52 Å². The maximum atomic E-state index is 12.5. The highest BCUT2D eigenvalue weighted by Gasteiger charge is 2.16. The lowest BCUT2D eigenvalue weighted by Crippen LogP contribution is -2.28. The van der Waals surface area contributed by atoms with E-state index < -0.39 is 15.9 Å². The quantitative estimate of drug-likeness (QED) is 0.422. The minimum Gasteiger partial charge on any atom is -0.492 e. The van der Waals surface area contributed by atoms with Crippen molar-refractivity contribution in [1.82, 2.24) is 5.32 Å². The minimum absolute atomic E-state index is 0.123. The molecular weight excluding hydrogens is 471 g/mol. The van der Waals surface area contributed by atoms with E-state index >= 15 is 0 Å². The third-order valence-corrected chi connectivity index (χ3v) is 6.71. The fourth-order valence-corrected chi connectivity index (χ4v) is 4.27. The van der Waals surface area contributed by atoms with Crippen molar-refractivity contribution in [2.45, 2.75) is 18.7 Å². The van der Waals surface area contributed by atoms with Gasteiger partial charge in [0.2, 0.25) is 0 Å². The van der Waals surface area contributed by atoms with Gasteiger partial charge in [-0.05, 0) is 61.9 Å². The molecule has 32 heavy (non-hydrogen) atoms. The summed E-state index contributed by atoms with van der Waals surface area (Å²) in [5, 5.41) is 3.45. The number of benzene rings is 3. The summed E-state index contributed by atoms with van der Waals surface area (Å²) in [5.41, 5.74) is 2.39. The molecule has 2 N–H and O–H groups in total. The number of anilines is 1. The molecule has 0 aliphatic rings. The van der Waals surface area contributed by atoms with E-state index in [1.54, 1.807) is 24.3 Å². The minimum atomic E-state index is -3.76. The molecule has 3 rings (SSSR count). The number of carbonyl (C=O) groups excluding carboxylic acids is 1. The predicted molar refractivity (Wildman–Crippen MR) is 127 cm³/mol. The molecule has 3 aromatic rings. The number of sulfonamides is 1. The first-order valence-electron chi connectivity index (χ1n) is 9.72. The van der Waals surface area contributed by atoms with Gasteiger partial charge in [0.05, 0.1) is 27.7 Å². The molecule has 0 fully saturated rings. The smallest absolute Gasteiger partial charge is 0.261 e. The maximum Gasteiger partial charge on any atom is 0.261 e. The van der Waals surface area contributed by atoms with Crippen LogP contribution in [0, 0.1) is 13.8 Å². The molecule has 0 atom stereocenters. The van der Waals surface area contributed by atoms with Gasteiger partial charge in [-0.25, -0.2) is 8.42 Å². The normalized spacial score (nSPS) is 11.1. The SMILES string of the molecule is Cc1ccc(S(=O)(=O)Nc2ccc(C(=O)NCCOc3ccc(C)c(Cl)c3)c(Cl)c2)cc1. The van der Waals surface area contributed by atoms with Crippen LogP contribution in [0.3, 0.4) is 0 Å².